The van der Waals surface area contributed by atoms with Gasteiger partial charge in [0.1, 0.15) is 5.57 Å². The number of benzene rings is 2. The van der Waals surface area contributed by atoms with Gasteiger partial charge in [0.2, 0.25) is 0 Å². The second kappa shape index (κ2) is 7.23. The molecule has 0 radical (unpaired) electrons. The summed E-state index contributed by atoms with van der Waals surface area (Å²) in [7, 11) is 0. The molecule has 2 aromatic rings. The van der Waals surface area contributed by atoms with Crippen molar-refractivity contribution in [2.45, 2.75) is 0 Å². The Morgan fingerprint density at radius 2 is 1.84 bits per heavy atom. The molecule has 0 aliphatic carbocycles. The molecule has 0 aromatic heterocycles. The third-order valence-electron chi connectivity index (χ3n) is 3.40. The topological polar surface area (TPSA) is 61.4 Å². The van der Waals surface area contributed by atoms with E-state index in [4.69, 9.17) is 35.4 Å². The van der Waals surface area contributed by atoms with Gasteiger partial charge in [-0.1, -0.05) is 41.4 Å². The lowest BCUT2D eigenvalue weighted by molar-refractivity contribution is -0.122. The van der Waals surface area contributed by atoms with Crippen LogP contribution < -0.4 is 15.5 Å². The smallest absolute Gasteiger partial charge is 0.271 e. The van der Waals surface area contributed by atoms with Gasteiger partial charge in [-0.3, -0.25) is 19.8 Å². The van der Waals surface area contributed by atoms with Gasteiger partial charge >= 0.3 is 0 Å². The first-order chi connectivity index (χ1) is 12.0. The molecule has 3 rings (SSSR count). The second-order valence-corrected chi connectivity index (χ2v) is 6.29. The highest BCUT2D eigenvalue weighted by Crippen LogP contribution is 2.28. The summed E-state index contributed by atoms with van der Waals surface area (Å²) in [6, 6.07) is 13.6. The van der Waals surface area contributed by atoms with E-state index in [2.05, 4.69) is 10.6 Å². The molecule has 2 N–H and O–H groups in total. The second-order valence-electron chi connectivity index (χ2n) is 5.06. The number of halogens is 2. The summed E-state index contributed by atoms with van der Waals surface area (Å²) in [5.41, 5.74) is 0.930. The first-order valence-corrected chi connectivity index (χ1v) is 8.30. The van der Waals surface area contributed by atoms with Crippen LogP contribution in [-0.2, 0) is 9.59 Å². The SMILES string of the molecule is O=C1NC(=S)N(c2ccccc2Cl)C(=O)/C1=C\Nc1cccc(Cl)c1. The fourth-order valence-electron chi connectivity index (χ4n) is 2.24. The van der Waals surface area contributed by atoms with Crippen LogP contribution in [0.1, 0.15) is 0 Å². The van der Waals surface area contributed by atoms with Gasteiger partial charge in [-0.2, -0.15) is 0 Å². The molecule has 2 amide bonds. The Labute approximate surface area is 159 Å². The Kier molecular flexibility index (Phi) is 5.03. The zero-order valence-corrected chi connectivity index (χ0v) is 15.0. The van der Waals surface area contributed by atoms with Gasteiger partial charge in [0.15, 0.2) is 5.11 Å². The lowest BCUT2D eigenvalue weighted by atomic mass is 10.1. The molecule has 1 aliphatic heterocycles. The van der Waals surface area contributed by atoms with E-state index >= 15 is 0 Å². The van der Waals surface area contributed by atoms with E-state index in [1.807, 2.05) is 0 Å². The zero-order valence-electron chi connectivity index (χ0n) is 12.6. The minimum absolute atomic E-state index is 0.0250. The molecule has 0 atom stereocenters. The van der Waals surface area contributed by atoms with Crippen LogP contribution in [0.15, 0.2) is 60.3 Å². The number of hydrogen-bond acceptors (Lipinski definition) is 4. The maximum atomic E-state index is 12.8. The molecule has 1 saturated heterocycles. The molecule has 126 valence electrons. The first kappa shape index (κ1) is 17.4. The molecular formula is C17H11Cl2N3O2S. The summed E-state index contributed by atoms with van der Waals surface area (Å²) >= 11 is 17.2. The van der Waals surface area contributed by atoms with Crippen molar-refractivity contribution in [1.82, 2.24) is 5.32 Å². The molecule has 1 fully saturated rings. The van der Waals surface area contributed by atoms with Crippen LogP contribution in [0.2, 0.25) is 10.0 Å². The Morgan fingerprint density at radius 1 is 1.08 bits per heavy atom. The number of thiocarbonyl (C=S) groups is 1. The van der Waals surface area contributed by atoms with Crippen molar-refractivity contribution in [3.8, 4) is 0 Å². The maximum absolute atomic E-state index is 12.8. The van der Waals surface area contributed by atoms with Crippen LogP contribution >= 0.6 is 35.4 Å². The molecule has 1 heterocycles. The van der Waals surface area contributed by atoms with Gasteiger partial charge in [-0.05, 0) is 42.5 Å². The average molecular weight is 392 g/mol. The summed E-state index contributed by atoms with van der Waals surface area (Å²) in [4.78, 5) is 26.1. The number of anilines is 2. The maximum Gasteiger partial charge on any atom is 0.271 e. The van der Waals surface area contributed by atoms with E-state index in [1.165, 1.54) is 11.1 Å². The fraction of sp³-hybridized carbons (Fsp3) is 0. The monoisotopic (exact) mass is 391 g/mol. The normalized spacial score (nSPS) is 16.2. The first-order valence-electron chi connectivity index (χ1n) is 7.14. The lowest BCUT2D eigenvalue weighted by Crippen LogP contribution is -2.54. The molecule has 25 heavy (non-hydrogen) atoms. The molecule has 2 aromatic carbocycles. The number of para-hydroxylation sites is 1. The van der Waals surface area contributed by atoms with Gasteiger partial charge < -0.3 is 5.32 Å². The minimum atomic E-state index is -0.590. The van der Waals surface area contributed by atoms with E-state index in [-0.39, 0.29) is 10.7 Å². The third kappa shape index (κ3) is 3.66. The number of carbonyl (C=O) groups excluding carboxylic acids is 2. The van der Waals surface area contributed by atoms with Crippen molar-refractivity contribution in [3.63, 3.8) is 0 Å². The number of hydrogen-bond donors (Lipinski definition) is 2. The van der Waals surface area contributed by atoms with Crippen molar-refractivity contribution in [3.05, 3.63) is 70.3 Å². The summed E-state index contributed by atoms with van der Waals surface area (Å²) in [6.07, 6.45) is 1.31. The zero-order chi connectivity index (χ0) is 18.0. The van der Waals surface area contributed by atoms with Gasteiger partial charge in [-0.15, -0.1) is 0 Å². The fourth-order valence-corrected chi connectivity index (χ4v) is 2.93. The number of nitrogens with one attached hydrogen (secondary N) is 2. The molecule has 0 unspecified atom stereocenters. The van der Waals surface area contributed by atoms with Crippen LogP contribution in [0.3, 0.4) is 0 Å². The molecular weight excluding hydrogens is 381 g/mol. The van der Waals surface area contributed by atoms with E-state index in [0.29, 0.717) is 21.4 Å². The van der Waals surface area contributed by atoms with Crippen molar-refractivity contribution < 1.29 is 9.59 Å². The van der Waals surface area contributed by atoms with E-state index in [9.17, 15) is 9.59 Å². The Hall–Kier alpha value is -2.41. The Balaban J connectivity index is 1.93. The predicted octanol–water partition coefficient (Wildman–Crippen LogP) is 3.74. The quantitative estimate of drug-likeness (QED) is 0.475. The Morgan fingerprint density at radius 3 is 2.56 bits per heavy atom. The van der Waals surface area contributed by atoms with Crippen molar-refractivity contribution in [1.29, 1.82) is 0 Å². The van der Waals surface area contributed by atoms with Crippen LogP contribution in [0.25, 0.3) is 0 Å². The highest BCUT2D eigenvalue weighted by atomic mass is 35.5. The van der Waals surface area contributed by atoms with Gasteiger partial charge in [-0.25, -0.2) is 0 Å². The largest absolute Gasteiger partial charge is 0.361 e. The standard InChI is InChI=1S/C17H11Cl2N3O2S/c18-10-4-3-5-11(8-10)20-9-12-15(23)21-17(25)22(16(12)24)14-7-2-1-6-13(14)19/h1-9,20H,(H,21,23,25)/b12-9-. The summed E-state index contributed by atoms with van der Waals surface area (Å²) < 4.78 is 0. The predicted molar refractivity (Wildman–Crippen MR) is 103 cm³/mol. The van der Waals surface area contributed by atoms with E-state index < -0.39 is 11.8 Å². The van der Waals surface area contributed by atoms with Crippen molar-refractivity contribution >= 4 is 63.7 Å². The van der Waals surface area contributed by atoms with Gasteiger partial charge in [0.05, 0.1) is 10.7 Å². The average Bonchev–Trinajstić information content (AvgIpc) is 2.56. The van der Waals surface area contributed by atoms with Crippen LogP contribution in [-0.4, -0.2) is 16.9 Å². The highest BCUT2D eigenvalue weighted by Gasteiger charge is 2.35. The van der Waals surface area contributed by atoms with Crippen LogP contribution in [0, 0.1) is 0 Å². The third-order valence-corrected chi connectivity index (χ3v) is 4.24. The number of carbonyl (C=O) groups is 2. The number of rotatable bonds is 3. The lowest BCUT2D eigenvalue weighted by Gasteiger charge is -2.29. The summed E-state index contributed by atoms with van der Waals surface area (Å²) in [5, 5.41) is 6.22. The Bertz CT molecular complexity index is 914. The number of nitrogens with zero attached hydrogens (tertiary/aromatic N) is 1. The van der Waals surface area contributed by atoms with Crippen molar-refractivity contribution in [2.24, 2.45) is 0 Å². The van der Waals surface area contributed by atoms with E-state index in [0.717, 1.165) is 0 Å². The van der Waals surface area contributed by atoms with E-state index in [1.54, 1.807) is 48.5 Å². The van der Waals surface area contributed by atoms with Crippen LogP contribution in [0.5, 0.6) is 0 Å². The molecule has 0 spiro atoms. The summed E-state index contributed by atoms with van der Waals surface area (Å²) in [5.74, 6) is -1.16. The van der Waals surface area contributed by atoms with Crippen molar-refractivity contribution in [2.75, 3.05) is 10.2 Å². The van der Waals surface area contributed by atoms with Gasteiger partial charge in [0, 0.05) is 16.9 Å². The highest BCUT2D eigenvalue weighted by molar-refractivity contribution is 7.80. The molecule has 0 bridgehead atoms. The van der Waals surface area contributed by atoms with Crippen LogP contribution in [0.4, 0.5) is 11.4 Å². The molecule has 5 nitrogen and oxygen atoms in total. The van der Waals surface area contributed by atoms with Gasteiger partial charge in [0.25, 0.3) is 11.8 Å². The molecule has 1 aliphatic rings. The summed E-state index contributed by atoms with van der Waals surface area (Å²) in [6.45, 7) is 0. The molecule has 0 saturated carbocycles. The number of amides is 2. The minimum Gasteiger partial charge on any atom is -0.361 e. The molecule has 8 heteroatoms.